The molecule has 0 aliphatic heterocycles. The molecule has 0 heterocycles. The molecule has 0 fully saturated rings. The average molecular weight is 1340 g/mol. The molecule has 15 heteroatoms. The van der Waals surface area contributed by atoms with E-state index >= 15 is 9.13 Å². The summed E-state index contributed by atoms with van der Waals surface area (Å²) in [5.41, 5.74) is 2.65. The maximum Gasteiger partial charge on any atom is 0.306 e. The Hall–Kier alpha value is -5.16. The summed E-state index contributed by atoms with van der Waals surface area (Å²) in [5, 5.41) is 0. The third-order valence-electron chi connectivity index (χ3n) is 20.3. The van der Waals surface area contributed by atoms with Crippen LogP contribution < -0.4 is 0 Å². The van der Waals surface area contributed by atoms with Crippen molar-refractivity contribution < 1.29 is 61.6 Å². The molecule has 4 aromatic carbocycles. The van der Waals surface area contributed by atoms with E-state index in [4.69, 9.17) is 23.7 Å². The van der Waals surface area contributed by atoms with Crippen molar-refractivity contribution in [2.45, 2.75) is 284 Å². The van der Waals surface area contributed by atoms with Crippen LogP contribution in [0.3, 0.4) is 0 Å². The summed E-state index contributed by atoms with van der Waals surface area (Å²) in [6, 6.07) is 14.8. The minimum absolute atomic E-state index is 0.250. The summed E-state index contributed by atoms with van der Waals surface area (Å²) in [5.74, 6) is -1.26. The highest BCUT2D eigenvalue weighted by Gasteiger charge is 2.53. The lowest BCUT2D eigenvalue weighted by molar-refractivity contribution is -0.192. The predicted molar refractivity (Wildman–Crippen MR) is 384 cm³/mol. The van der Waals surface area contributed by atoms with Crippen molar-refractivity contribution in [1.82, 2.24) is 0 Å². The number of hydrogen-bond donors (Lipinski definition) is 0. The van der Waals surface area contributed by atoms with Crippen LogP contribution in [0.15, 0.2) is 48.5 Å². The lowest BCUT2D eigenvalue weighted by Gasteiger charge is -2.54. The van der Waals surface area contributed by atoms with Crippen LogP contribution in [0.4, 0.5) is 0 Å². The molecule has 0 aliphatic rings. The van der Waals surface area contributed by atoms with Crippen LogP contribution in [0.1, 0.15) is 281 Å². The first-order chi connectivity index (χ1) is 43.6. The molecule has 0 bridgehead atoms. The van der Waals surface area contributed by atoms with Crippen LogP contribution in [0.25, 0.3) is 0 Å². The van der Waals surface area contributed by atoms with Crippen LogP contribution in [0.2, 0.25) is 0 Å². The largest absolute Gasteiger partial charge is 0.459 e. The molecule has 94 heavy (non-hydrogen) atoms. The average Bonchev–Trinajstić information content (AvgIpc) is 0.775. The van der Waals surface area contributed by atoms with Gasteiger partial charge in [0.25, 0.3) is 0 Å². The molecule has 0 aromatic heterocycles. The minimum Gasteiger partial charge on any atom is -0.459 e. The van der Waals surface area contributed by atoms with Gasteiger partial charge in [-0.2, -0.15) is 0 Å². The maximum atomic E-state index is 15.4. The van der Waals surface area contributed by atoms with Gasteiger partial charge in [0.05, 0.1) is 29.6 Å². The number of rotatable bonds is 39. The summed E-state index contributed by atoms with van der Waals surface area (Å²) in [6.07, 6.45) is 5.62. The maximum absolute atomic E-state index is 15.4. The van der Waals surface area contributed by atoms with Crippen molar-refractivity contribution in [2.75, 3.05) is 32.1 Å². The SMILES string of the molecule is CCCOC(C)(C)CC(CC)(CC(C)(CC)OCCCC(C)(CC)OC(=O)CCP(=O)(C(=O)c1c(C)cc(C)cc1C)C(=O)c1c(C)cc(C)cc1C)C(C)(CC)OCCCC(C)(CC)OC(=O)CCP(=O)(C(=O)c1c(C)cc(C)cc1C)C(=O)c1c(C)cc(C)cc1C. The van der Waals surface area contributed by atoms with Gasteiger partial charge in [0, 0.05) is 59.8 Å². The molecule has 0 N–H and O–H groups in total. The highest BCUT2D eigenvalue weighted by atomic mass is 31.2. The Labute approximate surface area is 566 Å². The summed E-state index contributed by atoms with van der Waals surface area (Å²) >= 11 is 0. The van der Waals surface area contributed by atoms with Gasteiger partial charge < -0.3 is 32.8 Å². The van der Waals surface area contributed by atoms with E-state index in [2.05, 4.69) is 55.4 Å². The lowest BCUT2D eigenvalue weighted by Crippen LogP contribution is -2.55. The number of esters is 2. The molecule has 5 unspecified atom stereocenters. The smallest absolute Gasteiger partial charge is 0.306 e. The van der Waals surface area contributed by atoms with E-state index in [1.54, 1.807) is 55.4 Å². The Morgan fingerprint density at radius 1 is 0.372 bits per heavy atom. The van der Waals surface area contributed by atoms with Gasteiger partial charge in [-0.1, -0.05) is 112 Å². The van der Waals surface area contributed by atoms with Crippen molar-refractivity contribution in [1.29, 1.82) is 0 Å². The van der Waals surface area contributed by atoms with Crippen LogP contribution in [-0.2, 0) is 42.4 Å². The summed E-state index contributed by atoms with van der Waals surface area (Å²) in [7, 11) is -8.85. The van der Waals surface area contributed by atoms with E-state index in [1.165, 1.54) is 0 Å². The number of ether oxygens (including phenoxy) is 5. The first kappa shape index (κ1) is 81.3. The standard InChI is InChI=1S/C79H118O13P2/c1-25-37-88-74(19,20)50-79(30-6,78(24,29-5)90-39-32-36-76(22,27-3)92-65(81)34-41-94(87,72(84)68-60(15)46-54(9)47-61(68)16)73(85)69-62(17)48-55(10)49-63(69)18)51-77(23,28-4)89-38-31-35-75(21,26-2)91-64(80)33-40-93(86,70(82)66-56(11)42-52(7)43-57(66)12)71(83)67-58(13)44-53(8)45-59(67)14/h42-49H,25-41,50-51H2,1-24H3. The van der Waals surface area contributed by atoms with E-state index in [0.29, 0.717) is 129 Å². The molecule has 13 nitrogen and oxygen atoms in total. The van der Waals surface area contributed by atoms with Gasteiger partial charge >= 0.3 is 11.9 Å². The van der Waals surface area contributed by atoms with E-state index in [9.17, 15) is 28.8 Å². The Morgan fingerprint density at radius 2 is 0.670 bits per heavy atom. The minimum atomic E-state index is -4.43. The van der Waals surface area contributed by atoms with Crippen molar-refractivity contribution in [3.05, 3.63) is 138 Å². The Morgan fingerprint density at radius 3 is 0.936 bits per heavy atom. The van der Waals surface area contributed by atoms with Crippen molar-refractivity contribution in [3.8, 4) is 0 Å². The number of hydrogen-bond acceptors (Lipinski definition) is 13. The van der Waals surface area contributed by atoms with Crippen molar-refractivity contribution >= 4 is 48.3 Å². The van der Waals surface area contributed by atoms with E-state index < -0.39 is 94.1 Å². The summed E-state index contributed by atoms with van der Waals surface area (Å²) < 4.78 is 64.0. The van der Waals surface area contributed by atoms with Crippen LogP contribution in [0.5, 0.6) is 0 Å². The Bertz CT molecular complexity index is 3260. The number of aryl methyl sites for hydroxylation is 12. The normalized spacial score (nSPS) is 15.4. The molecule has 4 rings (SSSR count). The molecule has 4 aromatic rings. The lowest BCUT2D eigenvalue weighted by atomic mass is 9.59. The van der Waals surface area contributed by atoms with Gasteiger partial charge in [-0.3, -0.25) is 28.8 Å². The molecular formula is C79H118O13P2. The monoisotopic (exact) mass is 1340 g/mol. The van der Waals surface area contributed by atoms with Crippen molar-refractivity contribution in [3.63, 3.8) is 0 Å². The second-order valence-electron chi connectivity index (χ2n) is 29.2. The highest BCUT2D eigenvalue weighted by Crippen LogP contribution is 2.57. The molecule has 5 atom stereocenters. The van der Waals surface area contributed by atoms with Gasteiger partial charge in [0.2, 0.25) is 36.4 Å². The van der Waals surface area contributed by atoms with Gasteiger partial charge in [0.15, 0.2) is 0 Å². The summed E-state index contributed by atoms with van der Waals surface area (Å²) in [4.78, 5) is 86.7. The zero-order valence-electron chi connectivity index (χ0n) is 62.3. The molecule has 0 saturated carbocycles. The molecule has 522 valence electrons. The molecule has 0 radical (unpaired) electrons. The second-order valence-corrected chi connectivity index (χ2v) is 34.7. The number of carbonyl (C=O) groups is 6. The van der Waals surface area contributed by atoms with Crippen LogP contribution in [0, 0.1) is 88.5 Å². The highest BCUT2D eigenvalue weighted by molar-refractivity contribution is 7.95. The summed E-state index contributed by atoms with van der Waals surface area (Å²) in [6.45, 7) is 48.2. The van der Waals surface area contributed by atoms with E-state index in [0.717, 1.165) is 35.1 Å². The zero-order valence-corrected chi connectivity index (χ0v) is 64.0. The quantitative estimate of drug-likeness (QED) is 0.0234. The Kier molecular flexibility index (Phi) is 28.9. The Balaban J connectivity index is 1.52. The van der Waals surface area contributed by atoms with Gasteiger partial charge in [0.1, 0.15) is 11.2 Å². The predicted octanol–water partition coefficient (Wildman–Crippen LogP) is 20.3. The first-order valence-electron chi connectivity index (χ1n) is 34.6. The van der Waals surface area contributed by atoms with E-state index in [-0.39, 0.29) is 35.1 Å². The van der Waals surface area contributed by atoms with Gasteiger partial charge in [-0.15, -0.1) is 0 Å². The van der Waals surface area contributed by atoms with Gasteiger partial charge in [-0.05, 0) is 246 Å². The molecule has 0 saturated heterocycles. The van der Waals surface area contributed by atoms with Crippen LogP contribution >= 0.6 is 14.3 Å². The molecule has 0 aliphatic carbocycles. The zero-order chi connectivity index (χ0) is 71.3. The fourth-order valence-electron chi connectivity index (χ4n) is 14.6. The number of benzene rings is 4. The van der Waals surface area contributed by atoms with Crippen LogP contribution in [-0.4, -0.2) is 94.2 Å². The third-order valence-corrected chi connectivity index (χ3v) is 25.5. The van der Waals surface area contributed by atoms with Gasteiger partial charge in [-0.25, -0.2) is 0 Å². The number of carbonyl (C=O) groups excluding carboxylic acids is 6. The molecular weight excluding hydrogens is 1220 g/mol. The first-order valence-corrected chi connectivity index (χ1v) is 38.4. The molecule has 0 spiro atoms. The fourth-order valence-corrected chi connectivity index (χ4v) is 19.6. The van der Waals surface area contributed by atoms with E-state index in [1.807, 2.05) is 104 Å². The van der Waals surface area contributed by atoms with Crippen molar-refractivity contribution in [2.24, 2.45) is 5.41 Å². The topological polar surface area (TPSA) is 183 Å². The second kappa shape index (κ2) is 33.4. The fraction of sp³-hybridized carbons (Fsp3) is 0.620. The third kappa shape index (κ3) is 19.8. The molecule has 0 amide bonds.